The van der Waals surface area contributed by atoms with Crippen molar-refractivity contribution in [3.8, 4) is 5.75 Å². The molecule has 3 rings (SSSR count). The van der Waals surface area contributed by atoms with Gasteiger partial charge in [-0.3, -0.25) is 4.99 Å². The smallest absolute Gasteiger partial charge is 0.191 e. The third kappa shape index (κ3) is 5.73. The van der Waals surface area contributed by atoms with Crippen LogP contribution in [0.1, 0.15) is 34.7 Å². The predicted molar refractivity (Wildman–Crippen MR) is 108 cm³/mol. The Hall–Kier alpha value is -2.08. The maximum absolute atomic E-state index is 6.04. The van der Waals surface area contributed by atoms with Crippen LogP contribution in [0.4, 0.5) is 0 Å². The van der Waals surface area contributed by atoms with Gasteiger partial charge in [0.05, 0.1) is 17.3 Å². The topological polar surface area (TPSA) is 58.5 Å². The number of benzene rings is 1. The first-order chi connectivity index (χ1) is 12.6. The highest BCUT2D eigenvalue weighted by molar-refractivity contribution is 7.09. The molecule has 0 saturated heterocycles. The van der Waals surface area contributed by atoms with Crippen LogP contribution in [0.3, 0.4) is 0 Å². The summed E-state index contributed by atoms with van der Waals surface area (Å²) in [5, 5.41) is 9.96. The van der Waals surface area contributed by atoms with Crippen LogP contribution < -0.4 is 15.4 Å². The van der Waals surface area contributed by atoms with Gasteiger partial charge in [0, 0.05) is 37.5 Å². The van der Waals surface area contributed by atoms with Gasteiger partial charge in [-0.05, 0) is 44.2 Å². The lowest BCUT2D eigenvalue weighted by molar-refractivity contribution is 0.296. The molecular weight excluding hydrogens is 344 g/mol. The maximum atomic E-state index is 6.04. The molecule has 0 unspecified atom stereocenters. The summed E-state index contributed by atoms with van der Waals surface area (Å²) in [4.78, 5) is 8.79. The van der Waals surface area contributed by atoms with Gasteiger partial charge in [0.15, 0.2) is 5.96 Å². The van der Waals surface area contributed by atoms with Gasteiger partial charge in [-0.2, -0.15) is 0 Å². The van der Waals surface area contributed by atoms with E-state index in [9.17, 15) is 0 Å². The summed E-state index contributed by atoms with van der Waals surface area (Å²) in [6, 6.07) is 6.39. The molecular formula is C20H28N4OS. The minimum Gasteiger partial charge on any atom is -0.493 e. The fourth-order valence-electron chi connectivity index (χ4n) is 2.67. The molecule has 1 saturated carbocycles. The molecule has 1 aliphatic rings. The first kappa shape index (κ1) is 18.7. The summed E-state index contributed by atoms with van der Waals surface area (Å²) in [7, 11) is 1.79. The molecule has 1 aromatic heterocycles. The van der Waals surface area contributed by atoms with E-state index in [1.165, 1.54) is 18.4 Å². The van der Waals surface area contributed by atoms with E-state index in [0.717, 1.165) is 53.5 Å². The van der Waals surface area contributed by atoms with Gasteiger partial charge < -0.3 is 15.4 Å². The largest absolute Gasteiger partial charge is 0.493 e. The number of thiazole rings is 1. The number of ether oxygens (including phenoxy) is 1. The number of nitrogens with one attached hydrogen (secondary N) is 2. The molecule has 2 aromatic rings. The van der Waals surface area contributed by atoms with E-state index in [0.29, 0.717) is 6.54 Å². The van der Waals surface area contributed by atoms with E-state index < -0.39 is 0 Å². The molecule has 1 fully saturated rings. The molecule has 1 aromatic carbocycles. The van der Waals surface area contributed by atoms with Crippen LogP contribution in [0.15, 0.2) is 28.6 Å². The van der Waals surface area contributed by atoms with E-state index in [2.05, 4.69) is 51.1 Å². The summed E-state index contributed by atoms with van der Waals surface area (Å²) >= 11 is 1.69. The Morgan fingerprint density at radius 2 is 2.15 bits per heavy atom. The summed E-state index contributed by atoms with van der Waals surface area (Å²) in [5.74, 6) is 2.53. The van der Waals surface area contributed by atoms with Gasteiger partial charge in [0.25, 0.3) is 0 Å². The van der Waals surface area contributed by atoms with Gasteiger partial charge in [0.2, 0.25) is 0 Å². The number of hydrogen-bond donors (Lipinski definition) is 2. The monoisotopic (exact) mass is 372 g/mol. The lowest BCUT2D eigenvalue weighted by atomic mass is 10.1. The Morgan fingerprint density at radius 1 is 1.31 bits per heavy atom. The van der Waals surface area contributed by atoms with Crippen molar-refractivity contribution in [2.24, 2.45) is 10.9 Å². The minimum absolute atomic E-state index is 0.690. The molecule has 0 spiro atoms. The van der Waals surface area contributed by atoms with Crippen LogP contribution in [0.2, 0.25) is 0 Å². The lowest BCUT2D eigenvalue weighted by Crippen LogP contribution is -2.38. The number of hydrogen-bond acceptors (Lipinski definition) is 4. The highest BCUT2D eigenvalue weighted by atomic mass is 32.1. The maximum Gasteiger partial charge on any atom is 0.191 e. The zero-order valence-corrected chi connectivity index (χ0v) is 16.7. The number of guanidine groups is 1. The molecule has 2 N–H and O–H groups in total. The second-order valence-corrected chi connectivity index (χ2v) is 7.89. The normalized spacial score (nSPS) is 14.3. The Bertz CT molecular complexity index is 752. The Labute approximate surface area is 159 Å². The quantitative estimate of drug-likeness (QED) is 0.550. The molecule has 0 amide bonds. The van der Waals surface area contributed by atoms with Gasteiger partial charge >= 0.3 is 0 Å². The van der Waals surface area contributed by atoms with Crippen molar-refractivity contribution in [3.63, 3.8) is 0 Å². The molecule has 0 aliphatic heterocycles. The van der Waals surface area contributed by atoms with Crippen molar-refractivity contribution < 1.29 is 4.74 Å². The highest BCUT2D eigenvalue weighted by Crippen LogP contribution is 2.30. The van der Waals surface area contributed by atoms with E-state index in [-0.39, 0.29) is 0 Å². The number of aliphatic imine (C=N–C) groups is 1. The van der Waals surface area contributed by atoms with Crippen molar-refractivity contribution in [2.45, 2.75) is 39.7 Å². The molecule has 1 heterocycles. The lowest BCUT2D eigenvalue weighted by Gasteiger charge is -2.15. The number of rotatable bonds is 8. The molecule has 6 heteroatoms. The Kier molecular flexibility index (Phi) is 6.50. The summed E-state index contributed by atoms with van der Waals surface area (Å²) in [6.45, 7) is 6.46. The Balaban J connectivity index is 1.49. The first-order valence-corrected chi connectivity index (χ1v) is 10.1. The van der Waals surface area contributed by atoms with E-state index in [1.54, 1.807) is 18.4 Å². The average Bonchev–Trinajstić information content (AvgIpc) is 3.37. The summed E-state index contributed by atoms with van der Waals surface area (Å²) in [5.41, 5.74) is 3.51. The molecule has 140 valence electrons. The van der Waals surface area contributed by atoms with Crippen molar-refractivity contribution >= 4 is 17.3 Å². The van der Waals surface area contributed by atoms with Crippen molar-refractivity contribution in [2.75, 3.05) is 20.2 Å². The van der Waals surface area contributed by atoms with Crippen molar-refractivity contribution in [1.29, 1.82) is 0 Å². The molecule has 0 bridgehead atoms. The molecule has 1 aliphatic carbocycles. The third-order valence-corrected chi connectivity index (χ3v) is 5.23. The highest BCUT2D eigenvalue weighted by Gasteiger charge is 2.22. The molecule has 0 radical (unpaired) electrons. The number of nitrogens with zero attached hydrogens (tertiary/aromatic N) is 2. The first-order valence-electron chi connectivity index (χ1n) is 9.22. The SMILES string of the molecule is CN=C(NCCc1csc(C)n1)NCc1ccc(C)cc1OCC1CC1. The van der Waals surface area contributed by atoms with E-state index in [1.807, 2.05) is 6.92 Å². The van der Waals surface area contributed by atoms with Gasteiger partial charge in [-0.1, -0.05) is 12.1 Å². The fraction of sp³-hybridized carbons (Fsp3) is 0.500. The number of aryl methyl sites for hydroxylation is 2. The van der Waals surface area contributed by atoms with E-state index >= 15 is 0 Å². The predicted octanol–water partition coefficient (Wildman–Crippen LogP) is 3.46. The Morgan fingerprint density at radius 3 is 2.85 bits per heavy atom. The molecule has 5 nitrogen and oxygen atoms in total. The summed E-state index contributed by atoms with van der Waals surface area (Å²) in [6.07, 6.45) is 3.49. The second kappa shape index (κ2) is 9.03. The van der Waals surface area contributed by atoms with Crippen LogP contribution in [-0.2, 0) is 13.0 Å². The molecule has 0 atom stereocenters. The van der Waals surface area contributed by atoms with Crippen LogP contribution >= 0.6 is 11.3 Å². The van der Waals surface area contributed by atoms with Crippen molar-refractivity contribution in [3.05, 3.63) is 45.4 Å². The van der Waals surface area contributed by atoms with Gasteiger partial charge in [0.1, 0.15) is 5.75 Å². The number of aromatic nitrogens is 1. The minimum atomic E-state index is 0.690. The second-order valence-electron chi connectivity index (χ2n) is 6.83. The average molecular weight is 373 g/mol. The standard InChI is InChI=1S/C20H28N4OS/c1-14-4-7-17(19(10-14)25-12-16-5-6-16)11-23-20(21-3)22-9-8-18-13-26-15(2)24-18/h4,7,10,13,16H,5-6,8-9,11-12H2,1-3H3,(H2,21,22,23). The van der Waals surface area contributed by atoms with Crippen LogP contribution in [0, 0.1) is 19.8 Å². The van der Waals surface area contributed by atoms with Crippen LogP contribution in [0.25, 0.3) is 0 Å². The third-order valence-electron chi connectivity index (χ3n) is 4.40. The molecule has 26 heavy (non-hydrogen) atoms. The fourth-order valence-corrected chi connectivity index (χ4v) is 3.31. The van der Waals surface area contributed by atoms with Crippen LogP contribution in [-0.4, -0.2) is 31.1 Å². The summed E-state index contributed by atoms with van der Waals surface area (Å²) < 4.78 is 6.04. The van der Waals surface area contributed by atoms with Crippen LogP contribution in [0.5, 0.6) is 5.75 Å². The van der Waals surface area contributed by atoms with E-state index in [4.69, 9.17) is 4.74 Å². The van der Waals surface area contributed by atoms with Crippen molar-refractivity contribution in [1.82, 2.24) is 15.6 Å². The van der Waals surface area contributed by atoms with Gasteiger partial charge in [-0.15, -0.1) is 11.3 Å². The zero-order valence-electron chi connectivity index (χ0n) is 15.8. The van der Waals surface area contributed by atoms with Gasteiger partial charge in [-0.25, -0.2) is 4.98 Å². The zero-order chi connectivity index (χ0) is 18.4.